The molecule has 0 spiro atoms. The molecule has 0 saturated heterocycles. The summed E-state index contributed by atoms with van der Waals surface area (Å²) >= 11 is 5.87. The number of halogens is 1. The molecule has 1 aromatic carbocycles. The molecule has 0 atom stereocenters. The van der Waals surface area contributed by atoms with Gasteiger partial charge < -0.3 is 5.32 Å². The van der Waals surface area contributed by atoms with Crippen molar-refractivity contribution < 1.29 is 4.79 Å². The van der Waals surface area contributed by atoms with Crippen molar-refractivity contribution in [3.05, 3.63) is 40.6 Å². The van der Waals surface area contributed by atoms with Crippen molar-refractivity contribution in [3.63, 3.8) is 0 Å². The number of carbonyl (C=O) groups excluding carboxylic acids is 1. The van der Waals surface area contributed by atoms with E-state index >= 15 is 0 Å². The second-order valence-corrected chi connectivity index (χ2v) is 4.31. The number of ketones is 1. The Labute approximate surface area is 105 Å². The summed E-state index contributed by atoms with van der Waals surface area (Å²) in [5, 5.41) is 12.7. The SMILES string of the molecule is N#CC1=C(Nc2cccc(Cl)c2)CCCC1=O. The summed E-state index contributed by atoms with van der Waals surface area (Å²) in [5.41, 5.74) is 1.75. The van der Waals surface area contributed by atoms with Crippen LogP contribution < -0.4 is 5.32 Å². The van der Waals surface area contributed by atoms with Gasteiger partial charge in [0.2, 0.25) is 0 Å². The van der Waals surface area contributed by atoms with Crippen molar-refractivity contribution in [1.29, 1.82) is 5.26 Å². The van der Waals surface area contributed by atoms with Gasteiger partial charge in [0.05, 0.1) is 0 Å². The summed E-state index contributed by atoms with van der Waals surface area (Å²) in [5.74, 6) is -0.0803. The van der Waals surface area contributed by atoms with Crippen LogP contribution in [0, 0.1) is 11.3 Å². The number of Topliss-reactive ketones (excluding diaryl/α,β-unsaturated/α-hetero) is 1. The Morgan fingerprint density at radius 1 is 1.35 bits per heavy atom. The van der Waals surface area contributed by atoms with E-state index in [9.17, 15) is 4.79 Å². The van der Waals surface area contributed by atoms with Crippen molar-refractivity contribution >= 4 is 23.1 Å². The van der Waals surface area contributed by atoms with Gasteiger partial charge in [0.25, 0.3) is 0 Å². The van der Waals surface area contributed by atoms with Crippen LogP contribution in [-0.2, 0) is 4.79 Å². The Balaban J connectivity index is 2.29. The summed E-state index contributed by atoms with van der Waals surface area (Å²) < 4.78 is 0. The lowest BCUT2D eigenvalue weighted by Crippen LogP contribution is -2.15. The van der Waals surface area contributed by atoms with Crippen molar-refractivity contribution in [2.75, 3.05) is 5.32 Å². The van der Waals surface area contributed by atoms with E-state index in [0.29, 0.717) is 17.1 Å². The number of hydrogen-bond acceptors (Lipinski definition) is 3. The Morgan fingerprint density at radius 2 is 2.18 bits per heavy atom. The number of benzene rings is 1. The molecule has 0 aromatic heterocycles. The highest BCUT2D eigenvalue weighted by atomic mass is 35.5. The van der Waals surface area contributed by atoms with E-state index in [1.54, 1.807) is 12.1 Å². The van der Waals surface area contributed by atoms with E-state index in [2.05, 4.69) is 5.32 Å². The molecule has 0 unspecified atom stereocenters. The molecule has 1 aromatic rings. The number of rotatable bonds is 2. The maximum absolute atomic E-state index is 11.5. The van der Waals surface area contributed by atoms with Gasteiger partial charge in [-0.05, 0) is 31.0 Å². The standard InChI is InChI=1S/C13H11ClN2O/c14-9-3-1-4-10(7-9)16-12-5-2-6-13(17)11(12)8-15/h1,3-4,7,16H,2,5-6H2. The van der Waals surface area contributed by atoms with Crippen LogP contribution in [0.1, 0.15) is 19.3 Å². The van der Waals surface area contributed by atoms with Gasteiger partial charge in [-0.25, -0.2) is 0 Å². The second kappa shape index (κ2) is 5.03. The Bertz CT molecular complexity index is 528. The highest BCUT2D eigenvalue weighted by Gasteiger charge is 2.20. The van der Waals surface area contributed by atoms with Crippen LogP contribution in [0.4, 0.5) is 5.69 Å². The average Bonchev–Trinajstić information content (AvgIpc) is 2.29. The molecular formula is C13H11ClN2O. The summed E-state index contributed by atoms with van der Waals surface area (Å²) in [6.45, 7) is 0. The number of carbonyl (C=O) groups is 1. The summed E-state index contributed by atoms with van der Waals surface area (Å²) in [6, 6.07) is 9.19. The molecule has 0 amide bonds. The molecule has 0 aliphatic heterocycles. The third-order valence-corrected chi connectivity index (χ3v) is 2.88. The van der Waals surface area contributed by atoms with E-state index < -0.39 is 0 Å². The van der Waals surface area contributed by atoms with Crippen LogP contribution in [0.25, 0.3) is 0 Å². The van der Waals surface area contributed by atoms with Gasteiger partial charge in [-0.15, -0.1) is 0 Å². The fraction of sp³-hybridized carbons (Fsp3) is 0.231. The first-order chi connectivity index (χ1) is 8.20. The van der Waals surface area contributed by atoms with Crippen LogP contribution in [-0.4, -0.2) is 5.78 Å². The summed E-state index contributed by atoms with van der Waals surface area (Å²) in [7, 11) is 0. The first-order valence-corrected chi connectivity index (χ1v) is 5.77. The number of nitrogens with one attached hydrogen (secondary N) is 1. The van der Waals surface area contributed by atoms with Gasteiger partial charge in [0, 0.05) is 22.8 Å². The zero-order chi connectivity index (χ0) is 12.3. The summed E-state index contributed by atoms with van der Waals surface area (Å²) in [6.07, 6.45) is 1.97. The van der Waals surface area contributed by atoms with Crippen LogP contribution in [0.5, 0.6) is 0 Å². The molecule has 4 heteroatoms. The molecule has 0 fully saturated rings. The second-order valence-electron chi connectivity index (χ2n) is 3.88. The number of allylic oxidation sites excluding steroid dienone is 2. The third kappa shape index (κ3) is 2.66. The molecule has 0 radical (unpaired) electrons. The lowest BCUT2D eigenvalue weighted by Gasteiger charge is -2.17. The molecule has 2 rings (SSSR count). The smallest absolute Gasteiger partial charge is 0.175 e. The Kier molecular flexibility index (Phi) is 3.46. The van der Waals surface area contributed by atoms with Gasteiger partial charge in [-0.3, -0.25) is 4.79 Å². The molecule has 1 aliphatic carbocycles. The van der Waals surface area contributed by atoms with Crippen molar-refractivity contribution in [2.45, 2.75) is 19.3 Å². The molecule has 86 valence electrons. The van der Waals surface area contributed by atoms with Gasteiger partial charge in [0.1, 0.15) is 11.6 Å². The Morgan fingerprint density at radius 3 is 2.88 bits per heavy atom. The van der Waals surface area contributed by atoms with Crippen LogP contribution in [0.2, 0.25) is 5.02 Å². The van der Waals surface area contributed by atoms with Gasteiger partial charge in [-0.1, -0.05) is 17.7 Å². The first kappa shape index (κ1) is 11.7. The van der Waals surface area contributed by atoms with Crippen LogP contribution in [0.15, 0.2) is 35.5 Å². The van der Waals surface area contributed by atoms with E-state index in [1.165, 1.54) is 0 Å². The van der Waals surface area contributed by atoms with Gasteiger partial charge in [-0.2, -0.15) is 5.26 Å². The van der Waals surface area contributed by atoms with Gasteiger partial charge >= 0.3 is 0 Å². The molecule has 17 heavy (non-hydrogen) atoms. The maximum atomic E-state index is 11.5. The number of nitriles is 1. The van der Waals surface area contributed by atoms with Crippen molar-refractivity contribution in [3.8, 4) is 6.07 Å². The predicted molar refractivity (Wildman–Crippen MR) is 66.6 cm³/mol. The van der Waals surface area contributed by atoms with Crippen molar-refractivity contribution in [2.24, 2.45) is 0 Å². The average molecular weight is 247 g/mol. The molecule has 1 N–H and O–H groups in total. The molecule has 0 saturated carbocycles. The fourth-order valence-electron chi connectivity index (χ4n) is 1.84. The Hall–Kier alpha value is -1.79. The zero-order valence-electron chi connectivity index (χ0n) is 9.16. The maximum Gasteiger partial charge on any atom is 0.175 e. The minimum atomic E-state index is -0.0803. The normalized spacial score (nSPS) is 15.6. The minimum absolute atomic E-state index is 0.0803. The van der Waals surface area contributed by atoms with Crippen molar-refractivity contribution in [1.82, 2.24) is 0 Å². The zero-order valence-corrected chi connectivity index (χ0v) is 9.92. The summed E-state index contributed by atoms with van der Waals surface area (Å²) in [4.78, 5) is 11.5. The lowest BCUT2D eigenvalue weighted by atomic mass is 9.95. The molecule has 3 nitrogen and oxygen atoms in total. The first-order valence-electron chi connectivity index (χ1n) is 5.40. The number of hydrogen-bond donors (Lipinski definition) is 1. The fourth-order valence-corrected chi connectivity index (χ4v) is 2.03. The van der Waals surface area contributed by atoms with Crippen LogP contribution >= 0.6 is 11.6 Å². The van der Waals surface area contributed by atoms with E-state index in [0.717, 1.165) is 18.5 Å². The quantitative estimate of drug-likeness (QED) is 0.871. The predicted octanol–water partition coefficient (Wildman–Crippen LogP) is 3.28. The number of nitrogens with zero attached hydrogens (tertiary/aromatic N) is 1. The number of anilines is 1. The molecular weight excluding hydrogens is 236 g/mol. The lowest BCUT2D eigenvalue weighted by molar-refractivity contribution is -0.115. The molecule has 0 bridgehead atoms. The monoisotopic (exact) mass is 246 g/mol. The third-order valence-electron chi connectivity index (χ3n) is 2.64. The highest BCUT2D eigenvalue weighted by molar-refractivity contribution is 6.30. The highest BCUT2D eigenvalue weighted by Crippen LogP contribution is 2.24. The van der Waals surface area contributed by atoms with E-state index in [-0.39, 0.29) is 11.4 Å². The van der Waals surface area contributed by atoms with E-state index in [1.807, 2.05) is 18.2 Å². The molecule has 1 aliphatic rings. The minimum Gasteiger partial charge on any atom is -0.358 e. The topological polar surface area (TPSA) is 52.9 Å². The van der Waals surface area contributed by atoms with Crippen LogP contribution in [0.3, 0.4) is 0 Å². The van der Waals surface area contributed by atoms with Gasteiger partial charge in [0.15, 0.2) is 5.78 Å². The largest absolute Gasteiger partial charge is 0.358 e. The molecule has 0 heterocycles. The van der Waals surface area contributed by atoms with E-state index in [4.69, 9.17) is 16.9 Å².